The quantitative estimate of drug-likeness (QED) is 0.631. The van der Waals surface area contributed by atoms with Crippen LogP contribution in [0, 0.1) is 0 Å². The van der Waals surface area contributed by atoms with E-state index in [1.165, 1.54) is 19.8 Å². The molecular formula is C11H15N5O4. The average molecular weight is 281 g/mol. The van der Waals surface area contributed by atoms with Crippen LogP contribution in [0.15, 0.2) is 12.7 Å². The van der Waals surface area contributed by atoms with Gasteiger partial charge in [-0.25, -0.2) is 15.0 Å². The summed E-state index contributed by atoms with van der Waals surface area (Å²) < 4.78 is 12.3. The van der Waals surface area contributed by atoms with E-state index in [1.807, 2.05) is 0 Å². The van der Waals surface area contributed by atoms with Crippen molar-refractivity contribution in [1.82, 2.24) is 19.5 Å². The van der Waals surface area contributed by atoms with Crippen molar-refractivity contribution in [3.63, 3.8) is 0 Å². The molecule has 1 aliphatic rings. The van der Waals surface area contributed by atoms with E-state index in [0.29, 0.717) is 11.2 Å². The van der Waals surface area contributed by atoms with Crippen LogP contribution in [-0.2, 0) is 9.47 Å². The molecule has 4 N–H and O–H groups in total. The number of methoxy groups -OCH3 is 1. The van der Waals surface area contributed by atoms with Gasteiger partial charge in [-0.15, -0.1) is 0 Å². The number of aliphatic hydroxyl groups excluding tert-OH is 2. The number of imidazole rings is 1. The van der Waals surface area contributed by atoms with Gasteiger partial charge >= 0.3 is 0 Å². The summed E-state index contributed by atoms with van der Waals surface area (Å²) in [6.07, 6.45) is -0.162. The van der Waals surface area contributed by atoms with Gasteiger partial charge in [0.15, 0.2) is 17.7 Å². The predicted octanol–water partition coefficient (Wildman–Crippen LogP) is -1.33. The van der Waals surface area contributed by atoms with Gasteiger partial charge in [-0.1, -0.05) is 0 Å². The fraction of sp³-hybridized carbons (Fsp3) is 0.545. The molecule has 1 saturated heterocycles. The molecule has 0 aliphatic carbocycles. The number of nitrogens with two attached hydrogens (primary N) is 1. The summed E-state index contributed by atoms with van der Waals surface area (Å²) in [4.78, 5) is 12.1. The van der Waals surface area contributed by atoms with Crippen LogP contribution in [0.2, 0.25) is 0 Å². The molecule has 4 atom stereocenters. The van der Waals surface area contributed by atoms with Crippen LogP contribution in [0.4, 0.5) is 5.82 Å². The van der Waals surface area contributed by atoms with Crippen LogP contribution in [0.3, 0.4) is 0 Å². The van der Waals surface area contributed by atoms with Crippen molar-refractivity contribution in [1.29, 1.82) is 0 Å². The molecule has 2 aromatic rings. The van der Waals surface area contributed by atoms with Gasteiger partial charge in [0, 0.05) is 7.11 Å². The number of rotatable bonds is 3. The van der Waals surface area contributed by atoms with Gasteiger partial charge in [0.25, 0.3) is 0 Å². The summed E-state index contributed by atoms with van der Waals surface area (Å²) in [6.45, 7) is -0.254. The minimum absolute atomic E-state index is 0.253. The largest absolute Gasteiger partial charge is 0.394 e. The highest BCUT2D eigenvalue weighted by atomic mass is 16.6. The van der Waals surface area contributed by atoms with E-state index in [1.54, 1.807) is 4.57 Å². The van der Waals surface area contributed by atoms with Crippen molar-refractivity contribution >= 4 is 17.0 Å². The third-order valence-corrected chi connectivity index (χ3v) is 3.42. The van der Waals surface area contributed by atoms with Gasteiger partial charge in [-0.2, -0.15) is 0 Å². The summed E-state index contributed by atoms with van der Waals surface area (Å²) in [5, 5.41) is 19.5. The molecule has 0 bridgehead atoms. The van der Waals surface area contributed by atoms with Crippen molar-refractivity contribution in [2.75, 3.05) is 19.5 Å². The van der Waals surface area contributed by atoms with Crippen LogP contribution >= 0.6 is 0 Å². The molecule has 108 valence electrons. The van der Waals surface area contributed by atoms with Crippen LogP contribution in [0.1, 0.15) is 6.23 Å². The second kappa shape index (κ2) is 4.94. The zero-order chi connectivity index (χ0) is 14.3. The molecule has 1 fully saturated rings. The van der Waals surface area contributed by atoms with Crippen LogP contribution in [0.5, 0.6) is 0 Å². The van der Waals surface area contributed by atoms with E-state index in [4.69, 9.17) is 15.2 Å². The fourth-order valence-electron chi connectivity index (χ4n) is 2.44. The molecule has 3 rings (SSSR count). The molecule has 0 spiro atoms. The van der Waals surface area contributed by atoms with Gasteiger partial charge in [0.05, 0.1) is 12.9 Å². The van der Waals surface area contributed by atoms with Crippen molar-refractivity contribution in [2.45, 2.75) is 24.5 Å². The molecule has 9 heteroatoms. The minimum atomic E-state index is -0.953. The first-order chi connectivity index (χ1) is 9.67. The number of hydrogen-bond donors (Lipinski definition) is 3. The van der Waals surface area contributed by atoms with E-state index in [0.717, 1.165) is 0 Å². The summed E-state index contributed by atoms with van der Waals surface area (Å²) in [7, 11) is 1.45. The Kier molecular flexibility index (Phi) is 3.26. The van der Waals surface area contributed by atoms with Crippen molar-refractivity contribution in [3.05, 3.63) is 12.7 Å². The minimum Gasteiger partial charge on any atom is -0.394 e. The Morgan fingerprint density at radius 2 is 2.25 bits per heavy atom. The maximum absolute atomic E-state index is 10.3. The van der Waals surface area contributed by atoms with Crippen molar-refractivity contribution in [3.8, 4) is 0 Å². The molecule has 9 nitrogen and oxygen atoms in total. The maximum Gasteiger partial charge on any atom is 0.167 e. The molecule has 0 aromatic carbocycles. The highest BCUT2D eigenvalue weighted by molar-refractivity contribution is 5.81. The topological polar surface area (TPSA) is 129 Å². The van der Waals surface area contributed by atoms with E-state index < -0.39 is 24.5 Å². The number of fused-ring (bicyclic) bond motifs is 1. The molecule has 20 heavy (non-hydrogen) atoms. The van der Waals surface area contributed by atoms with Gasteiger partial charge in [-0.3, -0.25) is 4.57 Å². The van der Waals surface area contributed by atoms with Gasteiger partial charge in [0.2, 0.25) is 0 Å². The molecule has 3 heterocycles. The van der Waals surface area contributed by atoms with E-state index >= 15 is 0 Å². The first kappa shape index (κ1) is 13.2. The number of ether oxygens (including phenoxy) is 2. The maximum atomic E-state index is 10.3. The molecular weight excluding hydrogens is 266 g/mol. The first-order valence-corrected chi connectivity index (χ1v) is 6.07. The Bertz CT molecular complexity index is 618. The second-order valence-electron chi connectivity index (χ2n) is 4.52. The molecule has 0 unspecified atom stereocenters. The Balaban J connectivity index is 2.01. The highest BCUT2D eigenvalue weighted by Crippen LogP contribution is 2.32. The first-order valence-electron chi connectivity index (χ1n) is 6.07. The molecule has 1 aliphatic heterocycles. The molecule has 0 saturated carbocycles. The molecule has 2 aromatic heterocycles. The number of aromatic nitrogens is 4. The lowest BCUT2D eigenvalue weighted by Gasteiger charge is -2.17. The molecule has 0 amide bonds. The van der Waals surface area contributed by atoms with Crippen molar-refractivity contribution < 1.29 is 19.7 Å². The Morgan fingerprint density at radius 3 is 2.90 bits per heavy atom. The third kappa shape index (κ3) is 1.83. The van der Waals surface area contributed by atoms with Crippen LogP contribution in [-0.4, -0.2) is 61.8 Å². The molecule has 0 radical (unpaired) electrons. The zero-order valence-corrected chi connectivity index (χ0v) is 10.7. The summed E-state index contributed by atoms with van der Waals surface area (Å²) in [6, 6.07) is 0. The van der Waals surface area contributed by atoms with E-state index in [-0.39, 0.29) is 12.4 Å². The Hall–Kier alpha value is -1.81. The third-order valence-electron chi connectivity index (χ3n) is 3.42. The second-order valence-corrected chi connectivity index (χ2v) is 4.52. The number of nitrogens with zero attached hydrogens (tertiary/aromatic N) is 4. The lowest BCUT2D eigenvalue weighted by Crippen LogP contribution is -2.35. The normalized spacial score (nSPS) is 30.1. The summed E-state index contributed by atoms with van der Waals surface area (Å²) >= 11 is 0. The van der Waals surface area contributed by atoms with E-state index in [9.17, 15) is 10.2 Å². The standard InChI is InChI=1S/C11H15N5O4/c1-19-8-5(2-17)20-11(7(8)18)16-4-15-6-9(12)13-3-14-10(6)16/h3-5,7-8,11,17-18H,2H2,1H3,(H2,12,13,14)/t5-,7-,8+,11-/m1/s1. The highest BCUT2D eigenvalue weighted by Gasteiger charge is 2.45. The SMILES string of the molecule is CO[C@@H]1[C@@H](O)[C@H](n2cnc3c(N)ncnc32)O[C@@H]1CO. The summed E-state index contributed by atoms with van der Waals surface area (Å²) in [5.41, 5.74) is 6.60. The van der Waals surface area contributed by atoms with Gasteiger partial charge in [0.1, 0.15) is 30.2 Å². The number of hydrogen-bond acceptors (Lipinski definition) is 8. The van der Waals surface area contributed by atoms with Crippen molar-refractivity contribution in [2.24, 2.45) is 0 Å². The Morgan fingerprint density at radius 1 is 1.45 bits per heavy atom. The lowest BCUT2D eigenvalue weighted by molar-refractivity contribution is -0.0535. The predicted molar refractivity (Wildman–Crippen MR) is 67.5 cm³/mol. The zero-order valence-electron chi connectivity index (χ0n) is 10.7. The Labute approximate surface area is 114 Å². The number of aliphatic hydroxyl groups is 2. The number of nitrogen functional groups attached to an aromatic ring is 1. The van der Waals surface area contributed by atoms with Crippen LogP contribution < -0.4 is 5.73 Å². The summed E-state index contributed by atoms with van der Waals surface area (Å²) in [5.74, 6) is 0.253. The van der Waals surface area contributed by atoms with Crippen LogP contribution in [0.25, 0.3) is 11.2 Å². The van der Waals surface area contributed by atoms with Gasteiger partial charge in [-0.05, 0) is 0 Å². The fourth-order valence-corrected chi connectivity index (χ4v) is 2.44. The average Bonchev–Trinajstić information content (AvgIpc) is 3.00. The number of anilines is 1. The van der Waals surface area contributed by atoms with Gasteiger partial charge < -0.3 is 25.4 Å². The van der Waals surface area contributed by atoms with E-state index in [2.05, 4.69) is 15.0 Å². The lowest BCUT2D eigenvalue weighted by atomic mass is 10.1. The smallest absolute Gasteiger partial charge is 0.167 e. The monoisotopic (exact) mass is 281 g/mol.